The SMILES string of the molecule is CC(C)(Oc1ccc(Cl)cc1)C(=O)N[C@H]1C[C@H]2CC[C@@H](C1)N2c1ccc(S(N)(=O)=O)cn1. The quantitative estimate of drug-likeness (QED) is 0.659. The maximum atomic E-state index is 13.0. The molecule has 8 nitrogen and oxygen atoms in total. The van der Waals surface area contributed by atoms with Crippen LogP contribution < -0.4 is 20.1 Å². The molecule has 0 spiro atoms. The number of piperidine rings is 1. The first-order valence-electron chi connectivity index (χ1n) is 10.6. The number of amides is 1. The summed E-state index contributed by atoms with van der Waals surface area (Å²) in [6, 6.07) is 10.6. The largest absolute Gasteiger partial charge is 0.478 e. The van der Waals surface area contributed by atoms with E-state index in [9.17, 15) is 13.2 Å². The van der Waals surface area contributed by atoms with Gasteiger partial charge in [-0.3, -0.25) is 4.79 Å². The average molecular weight is 479 g/mol. The zero-order chi connectivity index (χ0) is 23.1. The normalized spacial score (nSPS) is 23.1. The molecule has 10 heteroatoms. The van der Waals surface area contributed by atoms with Crippen LogP contribution in [0.1, 0.15) is 39.5 Å². The molecule has 0 aliphatic carbocycles. The number of benzene rings is 1. The van der Waals surface area contributed by atoms with Gasteiger partial charge in [-0.2, -0.15) is 0 Å². The molecule has 1 aromatic heterocycles. The molecule has 2 aliphatic rings. The van der Waals surface area contributed by atoms with Crippen LogP contribution in [-0.2, 0) is 14.8 Å². The van der Waals surface area contributed by atoms with Gasteiger partial charge in [-0.1, -0.05) is 11.6 Å². The van der Waals surface area contributed by atoms with Gasteiger partial charge in [0.05, 0.1) is 0 Å². The van der Waals surface area contributed by atoms with E-state index in [1.165, 1.54) is 12.3 Å². The van der Waals surface area contributed by atoms with Gasteiger partial charge in [0.15, 0.2) is 5.60 Å². The van der Waals surface area contributed by atoms with Crippen molar-refractivity contribution in [3.8, 4) is 5.75 Å². The van der Waals surface area contributed by atoms with Gasteiger partial charge in [0.1, 0.15) is 16.5 Å². The predicted octanol–water partition coefficient (Wildman–Crippen LogP) is 2.86. The molecule has 0 radical (unpaired) electrons. The lowest BCUT2D eigenvalue weighted by Gasteiger charge is -2.40. The van der Waals surface area contributed by atoms with E-state index in [2.05, 4.69) is 15.2 Å². The standard InChI is InChI=1S/C22H27ClN4O4S/c1-22(2,31-18-7-3-14(23)4-8-18)21(28)26-15-11-16-5-6-17(12-15)27(16)20-10-9-19(13-25-20)32(24,29)30/h3-4,7-10,13,15-17H,5-6,11-12H2,1-2H3,(H,26,28)(H2,24,29,30)/t15-,16+,17-. The van der Waals surface area contributed by atoms with Crippen molar-refractivity contribution in [1.82, 2.24) is 10.3 Å². The first-order valence-corrected chi connectivity index (χ1v) is 12.5. The Morgan fingerprint density at radius 1 is 1.16 bits per heavy atom. The Morgan fingerprint density at radius 2 is 1.78 bits per heavy atom. The number of nitrogens with one attached hydrogen (secondary N) is 1. The summed E-state index contributed by atoms with van der Waals surface area (Å²) in [5.41, 5.74) is -1.03. The van der Waals surface area contributed by atoms with Crippen molar-refractivity contribution in [2.24, 2.45) is 5.14 Å². The minimum absolute atomic E-state index is 0.00124. The van der Waals surface area contributed by atoms with Crippen LogP contribution in [0, 0.1) is 0 Å². The van der Waals surface area contributed by atoms with Crippen LogP contribution in [-0.4, -0.2) is 43.0 Å². The summed E-state index contributed by atoms with van der Waals surface area (Å²) in [5.74, 6) is 1.15. The Labute approximate surface area is 193 Å². The Bertz CT molecular complexity index is 1080. The number of nitrogens with two attached hydrogens (primary N) is 1. The number of carbonyl (C=O) groups is 1. The van der Waals surface area contributed by atoms with E-state index in [0.717, 1.165) is 31.5 Å². The Hall–Kier alpha value is -2.36. The molecule has 0 unspecified atom stereocenters. The number of fused-ring (bicyclic) bond motifs is 2. The number of halogens is 1. The van der Waals surface area contributed by atoms with Crippen molar-refractivity contribution in [3.63, 3.8) is 0 Å². The summed E-state index contributed by atoms with van der Waals surface area (Å²) >= 11 is 5.92. The first kappa shape index (κ1) is 22.8. The summed E-state index contributed by atoms with van der Waals surface area (Å²) in [6.07, 6.45) is 4.88. The highest BCUT2D eigenvalue weighted by Crippen LogP contribution is 2.39. The van der Waals surface area contributed by atoms with Gasteiger partial charge >= 0.3 is 0 Å². The van der Waals surface area contributed by atoms with E-state index in [4.69, 9.17) is 21.5 Å². The van der Waals surface area contributed by atoms with Gasteiger partial charge in [-0.25, -0.2) is 18.5 Å². The van der Waals surface area contributed by atoms with Crippen LogP contribution in [0.25, 0.3) is 0 Å². The minimum Gasteiger partial charge on any atom is -0.478 e. The maximum absolute atomic E-state index is 13.0. The van der Waals surface area contributed by atoms with Crippen LogP contribution in [0.4, 0.5) is 5.82 Å². The number of nitrogens with zero attached hydrogens (tertiary/aromatic N) is 2. The molecule has 4 rings (SSSR count). The molecule has 0 saturated carbocycles. The Morgan fingerprint density at radius 3 is 2.31 bits per heavy atom. The fourth-order valence-corrected chi connectivity index (χ4v) is 5.15. The third-order valence-electron chi connectivity index (χ3n) is 6.12. The molecule has 172 valence electrons. The maximum Gasteiger partial charge on any atom is 0.263 e. The number of hydrogen-bond donors (Lipinski definition) is 2. The highest BCUT2D eigenvalue weighted by molar-refractivity contribution is 7.89. The van der Waals surface area contributed by atoms with Gasteiger partial charge in [-0.05, 0) is 75.9 Å². The van der Waals surface area contributed by atoms with Gasteiger partial charge < -0.3 is 15.0 Å². The molecular weight excluding hydrogens is 452 g/mol. The average Bonchev–Trinajstić information content (AvgIpc) is 2.99. The summed E-state index contributed by atoms with van der Waals surface area (Å²) in [4.78, 5) is 19.5. The van der Waals surface area contributed by atoms with Crippen LogP contribution in [0.15, 0.2) is 47.5 Å². The monoisotopic (exact) mass is 478 g/mol. The minimum atomic E-state index is -3.77. The molecule has 2 aliphatic heterocycles. The molecule has 3 atom stereocenters. The molecule has 3 N–H and O–H groups in total. The lowest BCUT2D eigenvalue weighted by molar-refractivity contribution is -0.135. The fraction of sp³-hybridized carbons (Fsp3) is 0.455. The van der Waals surface area contributed by atoms with Crippen molar-refractivity contribution >= 4 is 33.3 Å². The number of primary sulfonamides is 1. The number of pyridine rings is 1. The van der Waals surface area contributed by atoms with Gasteiger partial charge in [0.25, 0.3) is 5.91 Å². The number of ether oxygens (including phenoxy) is 1. The zero-order valence-electron chi connectivity index (χ0n) is 18.0. The van der Waals surface area contributed by atoms with Gasteiger partial charge in [0.2, 0.25) is 10.0 Å². The molecule has 2 bridgehead atoms. The van der Waals surface area contributed by atoms with Crippen LogP contribution in [0.3, 0.4) is 0 Å². The number of aromatic nitrogens is 1. The number of hydrogen-bond acceptors (Lipinski definition) is 6. The third kappa shape index (κ3) is 4.84. The van der Waals surface area contributed by atoms with Crippen molar-refractivity contribution < 1.29 is 17.9 Å². The van der Waals surface area contributed by atoms with Crippen molar-refractivity contribution in [2.45, 2.75) is 68.2 Å². The summed E-state index contributed by atoms with van der Waals surface area (Å²) in [5, 5.41) is 8.94. The molecular formula is C22H27ClN4O4S. The van der Waals surface area contributed by atoms with E-state index in [1.54, 1.807) is 44.2 Å². The topological polar surface area (TPSA) is 115 Å². The lowest BCUT2D eigenvalue weighted by Crippen LogP contribution is -2.55. The zero-order valence-corrected chi connectivity index (χ0v) is 19.6. The van der Waals surface area contributed by atoms with E-state index >= 15 is 0 Å². The second-order valence-electron chi connectivity index (χ2n) is 8.90. The Balaban J connectivity index is 1.40. The van der Waals surface area contributed by atoms with E-state index < -0.39 is 15.6 Å². The van der Waals surface area contributed by atoms with Crippen molar-refractivity contribution in [2.75, 3.05) is 4.90 Å². The molecule has 1 aromatic carbocycles. The highest BCUT2D eigenvalue weighted by Gasteiger charge is 2.43. The van der Waals surface area contributed by atoms with Crippen molar-refractivity contribution in [3.05, 3.63) is 47.6 Å². The smallest absolute Gasteiger partial charge is 0.263 e. The predicted molar refractivity (Wildman–Crippen MR) is 122 cm³/mol. The number of sulfonamides is 1. The molecule has 2 fully saturated rings. The third-order valence-corrected chi connectivity index (χ3v) is 7.27. The van der Waals surface area contributed by atoms with E-state index in [0.29, 0.717) is 10.8 Å². The molecule has 1 amide bonds. The van der Waals surface area contributed by atoms with E-state index in [-0.39, 0.29) is 28.9 Å². The van der Waals surface area contributed by atoms with Crippen LogP contribution in [0.2, 0.25) is 5.02 Å². The second-order valence-corrected chi connectivity index (χ2v) is 10.9. The van der Waals surface area contributed by atoms with Crippen LogP contribution in [0.5, 0.6) is 5.75 Å². The number of carbonyl (C=O) groups excluding carboxylic acids is 1. The van der Waals surface area contributed by atoms with Gasteiger partial charge in [0, 0.05) is 29.3 Å². The summed E-state index contributed by atoms with van der Waals surface area (Å²) in [7, 11) is -3.77. The second kappa shape index (κ2) is 8.53. The summed E-state index contributed by atoms with van der Waals surface area (Å²) in [6.45, 7) is 3.50. The molecule has 3 heterocycles. The van der Waals surface area contributed by atoms with E-state index in [1.807, 2.05) is 0 Å². The molecule has 2 aromatic rings. The first-order chi connectivity index (χ1) is 15.0. The lowest BCUT2D eigenvalue weighted by atomic mass is 9.96. The summed E-state index contributed by atoms with van der Waals surface area (Å²) < 4.78 is 28.9. The fourth-order valence-electron chi connectivity index (χ4n) is 4.57. The van der Waals surface area contributed by atoms with Crippen LogP contribution >= 0.6 is 11.6 Å². The van der Waals surface area contributed by atoms with Crippen molar-refractivity contribution in [1.29, 1.82) is 0 Å². The number of anilines is 1. The molecule has 2 saturated heterocycles. The highest BCUT2D eigenvalue weighted by atomic mass is 35.5. The number of rotatable bonds is 6. The molecule has 32 heavy (non-hydrogen) atoms. The van der Waals surface area contributed by atoms with Gasteiger partial charge in [-0.15, -0.1) is 0 Å². The Kier molecular flexibility index (Phi) is 6.08.